The van der Waals surface area contributed by atoms with Gasteiger partial charge >= 0.3 is 11.9 Å². The van der Waals surface area contributed by atoms with Gasteiger partial charge in [-0.15, -0.1) is 0 Å². The molecule has 2 heterocycles. The minimum absolute atomic E-state index is 0.558. The number of hydrogen-bond acceptors (Lipinski definition) is 6. The van der Waals surface area contributed by atoms with Gasteiger partial charge in [0.05, 0.1) is 0 Å². The first kappa shape index (κ1) is 18.5. The summed E-state index contributed by atoms with van der Waals surface area (Å²) in [7, 11) is 0. The van der Waals surface area contributed by atoms with Gasteiger partial charge in [0, 0.05) is 64.5 Å². The van der Waals surface area contributed by atoms with Crippen LogP contribution in [0.5, 0.6) is 0 Å². The van der Waals surface area contributed by atoms with Crippen LogP contribution in [0.4, 0.5) is 0 Å². The summed E-state index contributed by atoms with van der Waals surface area (Å²) in [5, 5.41) is 28.5. The summed E-state index contributed by atoms with van der Waals surface area (Å²) in [4.78, 5) is 19.1. The van der Waals surface area contributed by atoms with Crippen molar-refractivity contribution in [3.05, 3.63) is 12.2 Å². The van der Waals surface area contributed by atoms with Gasteiger partial charge in [0.1, 0.15) is 0 Å². The van der Waals surface area contributed by atoms with Gasteiger partial charge < -0.3 is 31.5 Å². The first-order valence-corrected chi connectivity index (χ1v) is 6.59. The normalized spacial score (nSPS) is 18.2. The van der Waals surface area contributed by atoms with Crippen LogP contribution in [0.25, 0.3) is 0 Å². The van der Waals surface area contributed by atoms with E-state index in [0.717, 1.165) is 52.4 Å². The van der Waals surface area contributed by atoms with Crippen molar-refractivity contribution in [3.63, 3.8) is 0 Å². The van der Waals surface area contributed by atoms with Crippen molar-refractivity contribution in [1.82, 2.24) is 21.3 Å². The van der Waals surface area contributed by atoms with Crippen molar-refractivity contribution >= 4 is 11.9 Å². The lowest BCUT2D eigenvalue weighted by Crippen LogP contribution is -2.39. The van der Waals surface area contributed by atoms with Gasteiger partial charge in [0.25, 0.3) is 0 Å². The van der Waals surface area contributed by atoms with Crippen LogP contribution in [0.1, 0.15) is 0 Å². The first-order valence-electron chi connectivity index (χ1n) is 6.59. The van der Waals surface area contributed by atoms with E-state index < -0.39 is 11.9 Å². The molecule has 2 rings (SSSR count). The Morgan fingerprint density at radius 3 is 0.900 bits per heavy atom. The molecule has 0 bridgehead atoms. The Morgan fingerprint density at radius 1 is 0.600 bits per heavy atom. The minimum atomic E-state index is -1.26. The van der Waals surface area contributed by atoms with Crippen molar-refractivity contribution < 1.29 is 19.8 Å². The SMILES string of the molecule is C1CNCCN1.C1CNCCN1.O=C(O)C=CC(=O)O. The molecule has 20 heavy (non-hydrogen) atoms. The van der Waals surface area contributed by atoms with Crippen LogP contribution in [0.15, 0.2) is 12.2 Å². The fourth-order valence-electron chi connectivity index (χ4n) is 1.35. The van der Waals surface area contributed by atoms with Gasteiger partial charge in [-0.25, -0.2) is 9.59 Å². The highest BCUT2D eigenvalue weighted by molar-refractivity contribution is 5.89. The summed E-state index contributed by atoms with van der Waals surface area (Å²) in [6, 6.07) is 0. The zero-order valence-corrected chi connectivity index (χ0v) is 11.5. The van der Waals surface area contributed by atoms with Crippen LogP contribution >= 0.6 is 0 Å². The van der Waals surface area contributed by atoms with E-state index in [2.05, 4.69) is 21.3 Å². The average molecular weight is 288 g/mol. The molecule has 0 radical (unpaired) electrons. The zero-order chi connectivity index (χ0) is 15.1. The summed E-state index contributed by atoms with van der Waals surface area (Å²) < 4.78 is 0. The summed E-state index contributed by atoms with van der Waals surface area (Å²) in [5.74, 6) is -2.51. The van der Waals surface area contributed by atoms with E-state index in [0.29, 0.717) is 12.2 Å². The molecule has 0 unspecified atom stereocenters. The van der Waals surface area contributed by atoms with Crippen LogP contribution in [0.2, 0.25) is 0 Å². The molecular formula is C12H24N4O4. The van der Waals surface area contributed by atoms with Gasteiger partial charge in [-0.05, 0) is 0 Å². The van der Waals surface area contributed by atoms with Crippen molar-refractivity contribution in [3.8, 4) is 0 Å². The van der Waals surface area contributed by atoms with Crippen LogP contribution in [0, 0.1) is 0 Å². The smallest absolute Gasteiger partial charge is 0.328 e. The summed E-state index contributed by atoms with van der Waals surface area (Å²) in [5.41, 5.74) is 0. The molecule has 0 aromatic heterocycles. The number of aliphatic carboxylic acids is 2. The van der Waals surface area contributed by atoms with Crippen molar-refractivity contribution in [1.29, 1.82) is 0 Å². The third-order valence-corrected chi connectivity index (χ3v) is 2.28. The maximum Gasteiger partial charge on any atom is 0.328 e. The fraction of sp³-hybridized carbons (Fsp3) is 0.667. The van der Waals surface area contributed by atoms with E-state index in [9.17, 15) is 9.59 Å². The Morgan fingerprint density at radius 2 is 0.800 bits per heavy atom. The molecule has 0 saturated carbocycles. The van der Waals surface area contributed by atoms with E-state index in [-0.39, 0.29) is 0 Å². The first-order chi connectivity index (χ1) is 9.63. The lowest BCUT2D eigenvalue weighted by molar-refractivity contribution is -0.134. The molecular weight excluding hydrogens is 264 g/mol. The molecule has 2 fully saturated rings. The maximum absolute atomic E-state index is 9.55. The Hall–Kier alpha value is -1.48. The highest BCUT2D eigenvalue weighted by Gasteiger charge is 1.92. The molecule has 0 aromatic rings. The summed E-state index contributed by atoms with van der Waals surface area (Å²) >= 11 is 0. The number of hydrogen-bond donors (Lipinski definition) is 6. The summed E-state index contributed by atoms with van der Waals surface area (Å²) in [6.07, 6.45) is 1.12. The second-order valence-electron chi connectivity index (χ2n) is 4.01. The van der Waals surface area contributed by atoms with Crippen molar-refractivity contribution in [2.45, 2.75) is 0 Å². The third-order valence-electron chi connectivity index (χ3n) is 2.28. The number of carbonyl (C=O) groups is 2. The van der Waals surface area contributed by atoms with Gasteiger partial charge in [0.2, 0.25) is 0 Å². The fourth-order valence-corrected chi connectivity index (χ4v) is 1.35. The van der Waals surface area contributed by atoms with Crippen LogP contribution in [-0.2, 0) is 9.59 Å². The molecule has 0 atom stereocenters. The minimum Gasteiger partial charge on any atom is -0.478 e. The number of carboxylic acid groups (broad SMARTS) is 2. The van der Waals surface area contributed by atoms with Crippen molar-refractivity contribution in [2.24, 2.45) is 0 Å². The average Bonchev–Trinajstić information content (AvgIpc) is 2.50. The number of rotatable bonds is 2. The van der Waals surface area contributed by atoms with Crippen LogP contribution < -0.4 is 21.3 Å². The molecule has 2 saturated heterocycles. The Labute approximate surface area is 118 Å². The predicted octanol–water partition coefficient (Wildman–Crippen LogP) is -1.93. The van der Waals surface area contributed by atoms with Crippen LogP contribution in [0.3, 0.4) is 0 Å². The Balaban J connectivity index is 0.000000274. The van der Waals surface area contributed by atoms with Gasteiger partial charge in [-0.2, -0.15) is 0 Å². The topological polar surface area (TPSA) is 123 Å². The Kier molecular flexibility index (Phi) is 12.9. The van der Waals surface area contributed by atoms with E-state index in [1.807, 2.05) is 0 Å². The van der Waals surface area contributed by atoms with Gasteiger partial charge in [0.15, 0.2) is 0 Å². The molecule has 8 nitrogen and oxygen atoms in total. The maximum atomic E-state index is 9.55. The molecule has 2 aliphatic rings. The van der Waals surface area contributed by atoms with Gasteiger partial charge in [-0.1, -0.05) is 0 Å². The predicted molar refractivity (Wildman–Crippen MR) is 75.9 cm³/mol. The molecule has 8 heteroatoms. The largest absolute Gasteiger partial charge is 0.478 e. The number of piperazine rings is 2. The zero-order valence-electron chi connectivity index (χ0n) is 11.5. The molecule has 0 spiro atoms. The molecule has 2 aliphatic heterocycles. The van der Waals surface area contributed by atoms with Crippen molar-refractivity contribution in [2.75, 3.05) is 52.4 Å². The highest BCUT2D eigenvalue weighted by Crippen LogP contribution is 1.70. The van der Waals surface area contributed by atoms with E-state index in [1.54, 1.807) is 0 Å². The molecule has 0 amide bonds. The lowest BCUT2D eigenvalue weighted by atomic mass is 10.4. The molecule has 116 valence electrons. The van der Waals surface area contributed by atoms with E-state index >= 15 is 0 Å². The Bertz CT molecular complexity index is 238. The molecule has 6 N–H and O–H groups in total. The standard InChI is InChI=1S/2C4H10N2.C4H4O4/c2*1-2-6-4-3-5-1;5-3(6)1-2-4(7)8/h2*5-6H,1-4H2;1-2H,(H,5,6)(H,7,8). The van der Waals surface area contributed by atoms with E-state index in [4.69, 9.17) is 10.2 Å². The second-order valence-corrected chi connectivity index (χ2v) is 4.01. The van der Waals surface area contributed by atoms with Gasteiger partial charge in [-0.3, -0.25) is 0 Å². The molecule has 0 aliphatic carbocycles. The molecule has 0 aromatic carbocycles. The number of carboxylic acids is 2. The lowest BCUT2D eigenvalue weighted by Gasteiger charge is -2.11. The number of nitrogens with one attached hydrogen (secondary N) is 4. The highest BCUT2D eigenvalue weighted by atomic mass is 16.4. The quantitative estimate of drug-likeness (QED) is 0.325. The summed E-state index contributed by atoms with van der Waals surface area (Å²) in [6.45, 7) is 9.11. The van der Waals surface area contributed by atoms with Crippen LogP contribution in [-0.4, -0.2) is 74.5 Å². The third kappa shape index (κ3) is 16.5. The van der Waals surface area contributed by atoms with E-state index in [1.165, 1.54) is 0 Å². The second kappa shape index (κ2) is 13.9. The monoisotopic (exact) mass is 288 g/mol.